The third-order valence-electron chi connectivity index (χ3n) is 3.23. The summed E-state index contributed by atoms with van der Waals surface area (Å²) < 4.78 is 5.53. The normalized spacial score (nSPS) is 20.9. The monoisotopic (exact) mass is 195 g/mol. The van der Waals surface area contributed by atoms with Crippen molar-refractivity contribution in [3.63, 3.8) is 0 Å². The van der Waals surface area contributed by atoms with Gasteiger partial charge in [0.25, 0.3) is 0 Å². The van der Waals surface area contributed by atoms with Gasteiger partial charge in [-0.2, -0.15) is 0 Å². The second kappa shape index (κ2) is 5.38. The average Bonchev–Trinajstić information content (AvgIpc) is 2.12. The summed E-state index contributed by atoms with van der Waals surface area (Å²) in [4.78, 5) is 0. The van der Waals surface area contributed by atoms with Gasteiger partial charge in [-0.15, -0.1) is 12.3 Å². The number of hydrogen-bond acceptors (Lipinski definition) is 2. The summed E-state index contributed by atoms with van der Waals surface area (Å²) in [5.41, 5.74) is 6.14. The van der Waals surface area contributed by atoms with E-state index in [0.29, 0.717) is 0 Å². The molecule has 0 aromatic rings. The third kappa shape index (κ3) is 3.01. The van der Waals surface area contributed by atoms with Crippen LogP contribution in [0.5, 0.6) is 0 Å². The predicted molar refractivity (Wildman–Crippen MR) is 58.9 cm³/mol. The maximum absolute atomic E-state index is 6.04. The van der Waals surface area contributed by atoms with Crippen LogP contribution in [0.25, 0.3) is 0 Å². The van der Waals surface area contributed by atoms with Gasteiger partial charge in [-0.3, -0.25) is 0 Å². The lowest BCUT2D eigenvalue weighted by atomic mass is 9.75. The Bertz CT molecular complexity index is 197. The van der Waals surface area contributed by atoms with Crippen LogP contribution in [0.15, 0.2) is 0 Å². The topological polar surface area (TPSA) is 35.2 Å². The zero-order chi connectivity index (χ0) is 10.4. The van der Waals surface area contributed by atoms with E-state index >= 15 is 0 Å². The number of hydrogen-bond donors (Lipinski definition) is 1. The standard InChI is InChI=1S/C12H21NO/c1-3-4-5-7-11(13)10-12(14-2)8-6-9-12/h1,11H,4-10,13H2,2H3. The van der Waals surface area contributed by atoms with Gasteiger partial charge in [0.1, 0.15) is 0 Å². The predicted octanol–water partition coefficient (Wildman–Crippen LogP) is 2.08. The number of methoxy groups -OCH3 is 1. The van der Waals surface area contributed by atoms with Crippen molar-refractivity contribution in [3.05, 3.63) is 0 Å². The van der Waals surface area contributed by atoms with Gasteiger partial charge in [-0.25, -0.2) is 0 Å². The van der Waals surface area contributed by atoms with Crippen LogP contribution in [-0.2, 0) is 4.74 Å². The zero-order valence-electron chi connectivity index (χ0n) is 9.09. The van der Waals surface area contributed by atoms with Crippen molar-refractivity contribution < 1.29 is 4.74 Å². The van der Waals surface area contributed by atoms with Crippen LogP contribution in [0, 0.1) is 12.3 Å². The molecule has 0 radical (unpaired) electrons. The molecule has 0 aromatic carbocycles. The highest BCUT2D eigenvalue weighted by molar-refractivity contribution is 4.92. The van der Waals surface area contributed by atoms with Gasteiger partial charge in [0.05, 0.1) is 5.60 Å². The Labute approximate surface area is 87.2 Å². The van der Waals surface area contributed by atoms with E-state index in [4.69, 9.17) is 16.9 Å². The molecule has 80 valence electrons. The number of terminal acetylenes is 1. The van der Waals surface area contributed by atoms with Crippen LogP contribution in [0.3, 0.4) is 0 Å². The summed E-state index contributed by atoms with van der Waals surface area (Å²) in [6.45, 7) is 0. The molecule has 1 unspecified atom stereocenters. The summed E-state index contributed by atoms with van der Waals surface area (Å²) in [5.74, 6) is 2.64. The van der Waals surface area contributed by atoms with Crippen LogP contribution in [0.2, 0.25) is 0 Å². The van der Waals surface area contributed by atoms with E-state index in [1.165, 1.54) is 19.3 Å². The molecule has 0 aliphatic heterocycles. The van der Waals surface area contributed by atoms with E-state index in [1.54, 1.807) is 7.11 Å². The average molecular weight is 195 g/mol. The fourth-order valence-corrected chi connectivity index (χ4v) is 2.11. The van der Waals surface area contributed by atoms with Crippen molar-refractivity contribution >= 4 is 0 Å². The highest BCUT2D eigenvalue weighted by atomic mass is 16.5. The van der Waals surface area contributed by atoms with Crippen molar-refractivity contribution in [3.8, 4) is 12.3 Å². The lowest BCUT2D eigenvalue weighted by Crippen LogP contribution is -2.44. The second-order valence-electron chi connectivity index (χ2n) is 4.30. The van der Waals surface area contributed by atoms with Crippen LogP contribution in [-0.4, -0.2) is 18.8 Å². The Morgan fingerprint density at radius 3 is 2.71 bits per heavy atom. The fourth-order valence-electron chi connectivity index (χ4n) is 2.11. The van der Waals surface area contributed by atoms with E-state index in [9.17, 15) is 0 Å². The second-order valence-corrected chi connectivity index (χ2v) is 4.30. The van der Waals surface area contributed by atoms with Gasteiger partial charge in [-0.05, 0) is 38.5 Å². The largest absolute Gasteiger partial charge is 0.378 e. The maximum Gasteiger partial charge on any atom is 0.0693 e. The molecule has 1 aliphatic rings. The molecule has 0 aromatic heterocycles. The number of rotatable bonds is 6. The van der Waals surface area contributed by atoms with Crippen molar-refractivity contribution in [1.29, 1.82) is 0 Å². The van der Waals surface area contributed by atoms with Crippen LogP contribution >= 0.6 is 0 Å². The van der Waals surface area contributed by atoms with Crippen molar-refractivity contribution in [2.45, 2.75) is 56.6 Å². The van der Waals surface area contributed by atoms with Crippen molar-refractivity contribution in [2.75, 3.05) is 7.11 Å². The minimum atomic E-state index is 0.107. The van der Waals surface area contributed by atoms with Crippen LogP contribution < -0.4 is 5.73 Å². The molecule has 0 bridgehead atoms. The van der Waals surface area contributed by atoms with E-state index < -0.39 is 0 Å². The minimum Gasteiger partial charge on any atom is -0.378 e. The Balaban J connectivity index is 2.19. The van der Waals surface area contributed by atoms with E-state index in [-0.39, 0.29) is 11.6 Å². The van der Waals surface area contributed by atoms with E-state index in [1.807, 2.05) is 0 Å². The molecule has 1 rings (SSSR count). The van der Waals surface area contributed by atoms with E-state index in [2.05, 4.69) is 5.92 Å². The molecule has 2 nitrogen and oxygen atoms in total. The number of unbranched alkanes of at least 4 members (excludes halogenated alkanes) is 1. The summed E-state index contributed by atoms with van der Waals surface area (Å²) in [7, 11) is 1.80. The Hall–Kier alpha value is -0.520. The Morgan fingerprint density at radius 2 is 2.29 bits per heavy atom. The molecule has 1 aliphatic carbocycles. The first-order chi connectivity index (χ1) is 6.72. The summed E-state index contributed by atoms with van der Waals surface area (Å²) in [6, 6.07) is 0.253. The SMILES string of the molecule is C#CCCCC(N)CC1(OC)CCC1. The molecule has 2 N–H and O–H groups in total. The quantitative estimate of drug-likeness (QED) is 0.520. The Morgan fingerprint density at radius 1 is 1.57 bits per heavy atom. The first kappa shape index (κ1) is 11.6. The lowest BCUT2D eigenvalue weighted by Gasteiger charge is -2.42. The molecular weight excluding hydrogens is 174 g/mol. The molecular formula is C12H21NO. The summed E-state index contributed by atoms with van der Waals surface area (Å²) >= 11 is 0. The molecule has 14 heavy (non-hydrogen) atoms. The highest BCUT2D eigenvalue weighted by Gasteiger charge is 2.37. The molecule has 1 saturated carbocycles. The summed E-state index contributed by atoms with van der Waals surface area (Å²) in [5, 5.41) is 0. The third-order valence-corrected chi connectivity index (χ3v) is 3.23. The lowest BCUT2D eigenvalue weighted by molar-refractivity contribution is -0.0818. The first-order valence-corrected chi connectivity index (χ1v) is 5.47. The molecule has 2 heteroatoms. The minimum absolute atomic E-state index is 0.107. The van der Waals surface area contributed by atoms with Crippen molar-refractivity contribution in [1.82, 2.24) is 0 Å². The van der Waals surface area contributed by atoms with Crippen LogP contribution in [0.1, 0.15) is 44.9 Å². The molecule has 0 saturated heterocycles. The first-order valence-electron chi connectivity index (χ1n) is 5.47. The fraction of sp³-hybridized carbons (Fsp3) is 0.833. The molecule has 0 heterocycles. The van der Waals surface area contributed by atoms with Gasteiger partial charge < -0.3 is 10.5 Å². The van der Waals surface area contributed by atoms with E-state index in [0.717, 1.165) is 25.7 Å². The number of nitrogens with two attached hydrogens (primary N) is 1. The summed E-state index contributed by atoms with van der Waals surface area (Å²) in [6.07, 6.45) is 12.7. The smallest absolute Gasteiger partial charge is 0.0693 e. The van der Waals surface area contributed by atoms with Gasteiger partial charge in [-0.1, -0.05) is 0 Å². The van der Waals surface area contributed by atoms with Gasteiger partial charge in [0, 0.05) is 19.6 Å². The molecule has 0 spiro atoms. The zero-order valence-corrected chi connectivity index (χ0v) is 9.09. The van der Waals surface area contributed by atoms with Crippen molar-refractivity contribution in [2.24, 2.45) is 5.73 Å². The molecule has 1 fully saturated rings. The highest BCUT2D eigenvalue weighted by Crippen LogP contribution is 2.39. The van der Waals surface area contributed by atoms with Gasteiger partial charge >= 0.3 is 0 Å². The maximum atomic E-state index is 6.04. The Kier molecular flexibility index (Phi) is 4.44. The molecule has 0 amide bonds. The van der Waals surface area contributed by atoms with Crippen LogP contribution in [0.4, 0.5) is 0 Å². The number of ether oxygens (including phenoxy) is 1. The molecule has 1 atom stereocenters. The van der Waals surface area contributed by atoms with Gasteiger partial charge in [0.2, 0.25) is 0 Å². The van der Waals surface area contributed by atoms with Gasteiger partial charge in [0.15, 0.2) is 0 Å².